The lowest BCUT2D eigenvalue weighted by molar-refractivity contribution is 0.209. The molecule has 1 heterocycles. The smallest absolute Gasteiger partial charge is 0.165 e. The highest BCUT2D eigenvalue weighted by Crippen LogP contribution is 2.44. The molecule has 0 fully saturated rings. The van der Waals surface area contributed by atoms with Gasteiger partial charge in [0.2, 0.25) is 0 Å². The van der Waals surface area contributed by atoms with E-state index in [4.69, 9.17) is 15.2 Å². The molecule has 82 valence electrons. The Morgan fingerprint density at radius 2 is 2.20 bits per heavy atom. The van der Waals surface area contributed by atoms with E-state index in [1.165, 1.54) is 0 Å². The highest BCUT2D eigenvalue weighted by atomic mass is 16.5. The molecule has 3 unspecified atom stereocenters. The number of methoxy groups -OCH3 is 1. The number of para-hydroxylation sites is 1. The Labute approximate surface area is 90.2 Å². The van der Waals surface area contributed by atoms with Gasteiger partial charge in [0.25, 0.3) is 0 Å². The van der Waals surface area contributed by atoms with E-state index >= 15 is 0 Å². The van der Waals surface area contributed by atoms with Crippen molar-refractivity contribution in [3.05, 3.63) is 23.8 Å². The van der Waals surface area contributed by atoms with Gasteiger partial charge in [-0.3, -0.25) is 0 Å². The van der Waals surface area contributed by atoms with Crippen LogP contribution in [-0.2, 0) is 0 Å². The van der Waals surface area contributed by atoms with Crippen molar-refractivity contribution in [2.75, 3.05) is 7.11 Å². The summed E-state index contributed by atoms with van der Waals surface area (Å²) < 4.78 is 11.1. The molecule has 1 aromatic carbocycles. The van der Waals surface area contributed by atoms with Crippen molar-refractivity contribution in [2.45, 2.75) is 31.9 Å². The second-order valence-electron chi connectivity index (χ2n) is 4.09. The number of hydrogen-bond donors (Lipinski definition) is 1. The number of nitrogens with two attached hydrogens (primary N) is 1. The van der Waals surface area contributed by atoms with Crippen LogP contribution in [0.4, 0.5) is 0 Å². The third-order valence-electron chi connectivity index (χ3n) is 2.96. The van der Waals surface area contributed by atoms with Gasteiger partial charge in [0.05, 0.1) is 7.11 Å². The van der Waals surface area contributed by atoms with Crippen LogP contribution in [0.15, 0.2) is 18.2 Å². The molecule has 15 heavy (non-hydrogen) atoms. The Balaban J connectivity index is 2.46. The zero-order chi connectivity index (χ0) is 11.0. The molecule has 3 nitrogen and oxygen atoms in total. The van der Waals surface area contributed by atoms with Gasteiger partial charge in [0.15, 0.2) is 11.5 Å². The standard InChI is InChI=1S/C12H17NO2/c1-7(13)11-8(2)15-12-9(11)5-4-6-10(12)14-3/h4-8,11H,13H2,1-3H3. The Hall–Kier alpha value is -1.22. The van der Waals surface area contributed by atoms with Crippen molar-refractivity contribution in [3.8, 4) is 11.5 Å². The van der Waals surface area contributed by atoms with Crippen LogP contribution in [0.2, 0.25) is 0 Å². The SMILES string of the molecule is COc1cccc2c1OC(C)C2C(C)N. The summed E-state index contributed by atoms with van der Waals surface area (Å²) in [5.74, 6) is 1.91. The minimum Gasteiger partial charge on any atom is -0.493 e. The molecule has 0 saturated heterocycles. The number of fused-ring (bicyclic) bond motifs is 1. The van der Waals surface area contributed by atoms with E-state index in [1.54, 1.807) is 7.11 Å². The summed E-state index contributed by atoms with van der Waals surface area (Å²) in [6, 6.07) is 6.05. The first-order valence-corrected chi connectivity index (χ1v) is 5.24. The van der Waals surface area contributed by atoms with Crippen molar-refractivity contribution in [3.63, 3.8) is 0 Å². The molecule has 0 amide bonds. The minimum absolute atomic E-state index is 0.0911. The van der Waals surface area contributed by atoms with E-state index in [9.17, 15) is 0 Å². The van der Waals surface area contributed by atoms with E-state index in [-0.39, 0.29) is 18.1 Å². The maximum atomic E-state index is 5.97. The molecule has 3 atom stereocenters. The van der Waals surface area contributed by atoms with Crippen LogP contribution in [-0.4, -0.2) is 19.3 Å². The molecule has 0 bridgehead atoms. The van der Waals surface area contributed by atoms with Gasteiger partial charge >= 0.3 is 0 Å². The quantitative estimate of drug-likeness (QED) is 0.805. The predicted octanol–water partition coefficient (Wildman–Crippen LogP) is 1.91. The van der Waals surface area contributed by atoms with Crippen LogP contribution in [0.5, 0.6) is 11.5 Å². The second kappa shape index (κ2) is 3.74. The molecule has 0 aromatic heterocycles. The van der Waals surface area contributed by atoms with Crippen LogP contribution >= 0.6 is 0 Å². The van der Waals surface area contributed by atoms with Gasteiger partial charge < -0.3 is 15.2 Å². The fourth-order valence-corrected chi connectivity index (χ4v) is 2.30. The Bertz CT molecular complexity index is 363. The zero-order valence-electron chi connectivity index (χ0n) is 9.36. The lowest BCUT2D eigenvalue weighted by Gasteiger charge is -2.18. The van der Waals surface area contributed by atoms with Gasteiger partial charge in [-0.2, -0.15) is 0 Å². The van der Waals surface area contributed by atoms with E-state index in [0.717, 1.165) is 17.1 Å². The van der Waals surface area contributed by atoms with Crippen molar-refractivity contribution in [1.29, 1.82) is 0 Å². The zero-order valence-corrected chi connectivity index (χ0v) is 9.36. The maximum absolute atomic E-state index is 5.97. The highest BCUT2D eigenvalue weighted by Gasteiger charge is 2.35. The molecule has 0 saturated carbocycles. The molecule has 2 rings (SSSR count). The molecular formula is C12H17NO2. The van der Waals surface area contributed by atoms with Crippen molar-refractivity contribution >= 4 is 0 Å². The van der Waals surface area contributed by atoms with Gasteiger partial charge in [-0.1, -0.05) is 12.1 Å². The Morgan fingerprint density at radius 3 is 2.80 bits per heavy atom. The second-order valence-corrected chi connectivity index (χ2v) is 4.09. The summed E-state index contributed by atoms with van der Waals surface area (Å²) in [5, 5.41) is 0. The lowest BCUT2D eigenvalue weighted by atomic mass is 9.90. The van der Waals surface area contributed by atoms with Gasteiger partial charge in [-0.05, 0) is 19.9 Å². The van der Waals surface area contributed by atoms with Crippen molar-refractivity contribution in [1.82, 2.24) is 0 Å². The third kappa shape index (κ3) is 1.57. The maximum Gasteiger partial charge on any atom is 0.165 e. The number of rotatable bonds is 2. The van der Waals surface area contributed by atoms with E-state index in [0.29, 0.717) is 0 Å². The highest BCUT2D eigenvalue weighted by molar-refractivity contribution is 5.51. The van der Waals surface area contributed by atoms with Gasteiger partial charge in [-0.15, -0.1) is 0 Å². The van der Waals surface area contributed by atoms with Gasteiger partial charge in [0, 0.05) is 17.5 Å². The largest absolute Gasteiger partial charge is 0.493 e. The summed E-state index contributed by atoms with van der Waals surface area (Å²) >= 11 is 0. The van der Waals surface area contributed by atoms with Crippen molar-refractivity contribution < 1.29 is 9.47 Å². The molecule has 1 aliphatic heterocycles. The monoisotopic (exact) mass is 207 g/mol. The minimum atomic E-state index is 0.0911. The van der Waals surface area contributed by atoms with Crippen LogP contribution in [0, 0.1) is 0 Å². The van der Waals surface area contributed by atoms with Crippen molar-refractivity contribution in [2.24, 2.45) is 5.73 Å². The summed E-state index contributed by atoms with van der Waals surface area (Å²) in [4.78, 5) is 0. The summed E-state index contributed by atoms with van der Waals surface area (Å²) in [6.45, 7) is 4.06. The van der Waals surface area contributed by atoms with E-state index in [2.05, 4.69) is 6.07 Å². The van der Waals surface area contributed by atoms with Crippen LogP contribution in [0.25, 0.3) is 0 Å². The first kappa shape index (κ1) is 10.3. The summed E-state index contributed by atoms with van der Waals surface area (Å²) in [7, 11) is 1.66. The number of benzene rings is 1. The normalized spacial score (nSPS) is 25.6. The number of hydrogen-bond acceptors (Lipinski definition) is 3. The van der Waals surface area contributed by atoms with Crippen LogP contribution < -0.4 is 15.2 Å². The number of ether oxygens (including phenoxy) is 2. The molecule has 0 spiro atoms. The Morgan fingerprint density at radius 1 is 1.47 bits per heavy atom. The van der Waals surface area contributed by atoms with Crippen LogP contribution in [0.3, 0.4) is 0 Å². The molecular weight excluding hydrogens is 190 g/mol. The molecule has 1 aliphatic rings. The molecule has 0 radical (unpaired) electrons. The first-order chi connectivity index (χ1) is 7.15. The average Bonchev–Trinajstić information content (AvgIpc) is 2.53. The summed E-state index contributed by atoms with van der Waals surface area (Å²) in [6.07, 6.45) is 0.122. The molecule has 0 aliphatic carbocycles. The topological polar surface area (TPSA) is 44.5 Å². The first-order valence-electron chi connectivity index (χ1n) is 5.24. The van der Waals surface area contributed by atoms with Crippen LogP contribution in [0.1, 0.15) is 25.3 Å². The molecule has 3 heteroatoms. The van der Waals surface area contributed by atoms with E-state index in [1.807, 2.05) is 26.0 Å². The lowest BCUT2D eigenvalue weighted by Crippen LogP contribution is -2.30. The van der Waals surface area contributed by atoms with Gasteiger partial charge in [0.1, 0.15) is 6.10 Å². The van der Waals surface area contributed by atoms with Gasteiger partial charge in [-0.25, -0.2) is 0 Å². The molecule has 2 N–H and O–H groups in total. The van der Waals surface area contributed by atoms with E-state index < -0.39 is 0 Å². The average molecular weight is 207 g/mol. The molecule has 1 aromatic rings. The third-order valence-corrected chi connectivity index (χ3v) is 2.96. The fraction of sp³-hybridized carbons (Fsp3) is 0.500. The Kier molecular flexibility index (Phi) is 2.57. The summed E-state index contributed by atoms with van der Waals surface area (Å²) in [5.41, 5.74) is 7.14. The fourth-order valence-electron chi connectivity index (χ4n) is 2.30. The predicted molar refractivity (Wildman–Crippen MR) is 59.5 cm³/mol.